The van der Waals surface area contributed by atoms with Crippen LogP contribution in [0.4, 0.5) is 0 Å². The molecule has 3 nitrogen and oxygen atoms in total. The van der Waals surface area contributed by atoms with Crippen molar-refractivity contribution in [1.29, 1.82) is 0 Å². The summed E-state index contributed by atoms with van der Waals surface area (Å²) >= 11 is 0. The molecular formula is C13H18O3. The molecular weight excluding hydrogens is 204 g/mol. The smallest absolute Gasteiger partial charge is 0.124 e. The number of benzene rings is 1. The van der Waals surface area contributed by atoms with E-state index >= 15 is 0 Å². The van der Waals surface area contributed by atoms with Crippen LogP contribution in [0.15, 0.2) is 24.3 Å². The maximum absolute atomic E-state index is 10.3. The average molecular weight is 222 g/mol. The maximum Gasteiger partial charge on any atom is 0.124 e. The fourth-order valence-electron chi connectivity index (χ4n) is 2.13. The molecule has 16 heavy (non-hydrogen) atoms. The topological polar surface area (TPSA) is 38.7 Å². The first-order chi connectivity index (χ1) is 7.83. The van der Waals surface area contributed by atoms with Crippen molar-refractivity contribution in [2.45, 2.75) is 31.5 Å². The molecule has 0 bridgehead atoms. The van der Waals surface area contributed by atoms with E-state index in [-0.39, 0.29) is 6.10 Å². The Hall–Kier alpha value is -1.06. The van der Waals surface area contributed by atoms with Gasteiger partial charge in [-0.2, -0.15) is 0 Å². The van der Waals surface area contributed by atoms with Gasteiger partial charge in [-0.25, -0.2) is 0 Å². The fourth-order valence-corrected chi connectivity index (χ4v) is 2.13. The van der Waals surface area contributed by atoms with Crippen molar-refractivity contribution >= 4 is 0 Å². The number of methoxy groups -OCH3 is 1. The number of aliphatic hydroxyl groups excluding tert-OH is 1. The second-order valence-electron chi connectivity index (χ2n) is 4.09. The van der Waals surface area contributed by atoms with Gasteiger partial charge in [0, 0.05) is 12.2 Å². The van der Waals surface area contributed by atoms with Crippen LogP contribution >= 0.6 is 0 Å². The number of aliphatic hydroxyl groups is 1. The lowest BCUT2D eigenvalue weighted by molar-refractivity contribution is -0.0639. The van der Waals surface area contributed by atoms with Gasteiger partial charge in [0.2, 0.25) is 0 Å². The van der Waals surface area contributed by atoms with E-state index in [0.717, 1.165) is 37.2 Å². The van der Waals surface area contributed by atoms with Crippen LogP contribution in [0.1, 0.15) is 30.9 Å². The van der Waals surface area contributed by atoms with E-state index in [1.54, 1.807) is 7.11 Å². The second-order valence-corrected chi connectivity index (χ2v) is 4.09. The van der Waals surface area contributed by atoms with Crippen LogP contribution in [0, 0.1) is 0 Å². The molecule has 1 fully saturated rings. The highest BCUT2D eigenvalue weighted by molar-refractivity contribution is 5.35. The van der Waals surface area contributed by atoms with Gasteiger partial charge in [-0.3, -0.25) is 0 Å². The van der Waals surface area contributed by atoms with Gasteiger partial charge >= 0.3 is 0 Å². The minimum absolute atomic E-state index is 0.0925. The van der Waals surface area contributed by atoms with Crippen LogP contribution in [0.5, 0.6) is 5.75 Å². The van der Waals surface area contributed by atoms with E-state index in [9.17, 15) is 5.11 Å². The Morgan fingerprint density at radius 1 is 1.38 bits per heavy atom. The summed E-state index contributed by atoms with van der Waals surface area (Å²) in [7, 11) is 1.62. The summed E-state index contributed by atoms with van der Waals surface area (Å²) in [5, 5.41) is 10.3. The van der Waals surface area contributed by atoms with Crippen molar-refractivity contribution in [2.75, 3.05) is 13.7 Å². The highest BCUT2D eigenvalue weighted by atomic mass is 16.5. The minimum Gasteiger partial charge on any atom is -0.496 e. The molecule has 0 radical (unpaired) electrons. The van der Waals surface area contributed by atoms with E-state index in [4.69, 9.17) is 9.47 Å². The molecule has 2 rings (SSSR count). The Bertz CT molecular complexity index is 332. The Labute approximate surface area is 96.0 Å². The minimum atomic E-state index is -0.587. The predicted octanol–water partition coefficient (Wildman–Crippen LogP) is 2.30. The number of para-hydroxylation sites is 1. The first-order valence-corrected chi connectivity index (χ1v) is 5.75. The third-order valence-corrected chi connectivity index (χ3v) is 3.02. The first-order valence-electron chi connectivity index (χ1n) is 5.75. The average Bonchev–Trinajstić information content (AvgIpc) is 2.39. The Morgan fingerprint density at radius 3 is 2.88 bits per heavy atom. The number of hydrogen-bond acceptors (Lipinski definition) is 3. The van der Waals surface area contributed by atoms with E-state index in [1.807, 2.05) is 24.3 Å². The van der Waals surface area contributed by atoms with Gasteiger partial charge < -0.3 is 14.6 Å². The molecule has 1 aromatic carbocycles. The van der Waals surface area contributed by atoms with E-state index < -0.39 is 6.10 Å². The third kappa shape index (κ3) is 2.36. The summed E-state index contributed by atoms with van der Waals surface area (Å²) in [6.45, 7) is 0.747. The lowest BCUT2D eigenvalue weighted by atomic mass is 9.97. The molecule has 0 saturated carbocycles. The molecule has 0 amide bonds. The zero-order chi connectivity index (χ0) is 11.4. The van der Waals surface area contributed by atoms with Crippen LogP contribution in [-0.2, 0) is 4.74 Å². The van der Waals surface area contributed by atoms with Crippen LogP contribution in [0.25, 0.3) is 0 Å². The molecule has 1 aromatic rings. The SMILES string of the molecule is COc1ccccc1C(O)C1CCCCO1. The standard InChI is InChI=1S/C13H18O3/c1-15-11-7-3-2-6-10(11)13(14)12-8-4-5-9-16-12/h2-3,6-7,12-14H,4-5,8-9H2,1H3. The lowest BCUT2D eigenvalue weighted by Gasteiger charge is -2.28. The Balaban J connectivity index is 2.15. The summed E-state index contributed by atoms with van der Waals surface area (Å²) in [4.78, 5) is 0. The number of rotatable bonds is 3. The number of hydrogen-bond donors (Lipinski definition) is 1. The van der Waals surface area contributed by atoms with E-state index in [2.05, 4.69) is 0 Å². The molecule has 0 spiro atoms. The van der Waals surface area contributed by atoms with Crippen molar-refractivity contribution < 1.29 is 14.6 Å². The van der Waals surface area contributed by atoms with E-state index in [0.29, 0.717) is 0 Å². The molecule has 0 aromatic heterocycles. The molecule has 1 aliphatic heterocycles. The zero-order valence-electron chi connectivity index (χ0n) is 9.56. The molecule has 2 atom stereocenters. The molecule has 2 unspecified atom stereocenters. The van der Waals surface area contributed by atoms with Crippen molar-refractivity contribution in [3.63, 3.8) is 0 Å². The highest BCUT2D eigenvalue weighted by Crippen LogP contribution is 2.31. The van der Waals surface area contributed by atoms with Gasteiger partial charge in [-0.05, 0) is 25.3 Å². The van der Waals surface area contributed by atoms with E-state index in [1.165, 1.54) is 0 Å². The second kappa shape index (κ2) is 5.32. The summed E-state index contributed by atoms with van der Waals surface area (Å²) in [5.41, 5.74) is 0.817. The highest BCUT2D eigenvalue weighted by Gasteiger charge is 2.25. The zero-order valence-corrected chi connectivity index (χ0v) is 9.56. The van der Waals surface area contributed by atoms with Gasteiger partial charge in [0.15, 0.2) is 0 Å². The molecule has 0 aliphatic carbocycles. The fraction of sp³-hybridized carbons (Fsp3) is 0.538. The molecule has 3 heteroatoms. The molecule has 1 N–H and O–H groups in total. The van der Waals surface area contributed by atoms with Crippen LogP contribution < -0.4 is 4.74 Å². The largest absolute Gasteiger partial charge is 0.496 e. The summed E-state index contributed by atoms with van der Waals surface area (Å²) in [6.07, 6.45) is 2.45. The normalized spacial score (nSPS) is 22.8. The van der Waals surface area contributed by atoms with Crippen LogP contribution in [0.2, 0.25) is 0 Å². The number of ether oxygens (including phenoxy) is 2. The van der Waals surface area contributed by atoms with Gasteiger partial charge in [0.1, 0.15) is 11.9 Å². The Kier molecular flexibility index (Phi) is 3.80. The molecule has 88 valence electrons. The van der Waals surface area contributed by atoms with Crippen molar-refractivity contribution in [2.24, 2.45) is 0 Å². The summed E-state index contributed by atoms with van der Waals surface area (Å²) in [6, 6.07) is 7.56. The monoisotopic (exact) mass is 222 g/mol. The lowest BCUT2D eigenvalue weighted by Crippen LogP contribution is -2.26. The van der Waals surface area contributed by atoms with Crippen LogP contribution in [0.3, 0.4) is 0 Å². The third-order valence-electron chi connectivity index (χ3n) is 3.02. The van der Waals surface area contributed by atoms with Gasteiger partial charge in [0.25, 0.3) is 0 Å². The molecule has 1 heterocycles. The van der Waals surface area contributed by atoms with Crippen molar-refractivity contribution in [1.82, 2.24) is 0 Å². The Morgan fingerprint density at radius 2 is 2.19 bits per heavy atom. The van der Waals surface area contributed by atoms with Gasteiger partial charge in [0.05, 0.1) is 13.2 Å². The molecule has 1 aliphatic rings. The molecule has 1 saturated heterocycles. The quantitative estimate of drug-likeness (QED) is 0.852. The summed E-state index contributed by atoms with van der Waals surface area (Å²) < 4.78 is 10.8. The van der Waals surface area contributed by atoms with Crippen molar-refractivity contribution in [3.8, 4) is 5.75 Å². The van der Waals surface area contributed by atoms with Crippen molar-refractivity contribution in [3.05, 3.63) is 29.8 Å². The van der Waals surface area contributed by atoms with Crippen LogP contribution in [-0.4, -0.2) is 24.9 Å². The summed E-state index contributed by atoms with van der Waals surface area (Å²) in [5.74, 6) is 0.726. The maximum atomic E-state index is 10.3. The van der Waals surface area contributed by atoms with Gasteiger partial charge in [-0.15, -0.1) is 0 Å². The van der Waals surface area contributed by atoms with Gasteiger partial charge in [-0.1, -0.05) is 18.2 Å². The predicted molar refractivity (Wildman–Crippen MR) is 61.5 cm³/mol. The first kappa shape index (κ1) is 11.4.